The summed E-state index contributed by atoms with van der Waals surface area (Å²) in [5.74, 6) is 0.610. The zero-order valence-corrected chi connectivity index (χ0v) is 12.4. The Hall–Kier alpha value is -2.85. The fraction of sp³-hybridized carbons (Fsp3) is 0.0667. The van der Waals surface area contributed by atoms with Crippen LogP contribution in [0.1, 0.15) is 5.56 Å². The molecule has 0 aliphatic rings. The van der Waals surface area contributed by atoms with Gasteiger partial charge in [-0.05, 0) is 36.4 Å². The smallest absolute Gasteiger partial charge is 0.358 e. The monoisotopic (exact) mass is 316 g/mol. The standard InChI is InChI=1S/C15H12N2O4S/c1-20-13-9-7-12(8-10-13)15(11-16)17-21-22(18,19)14-5-3-2-4-6-14/h2-10H,1H3/b17-15+. The molecule has 0 aromatic heterocycles. The van der Waals surface area contributed by atoms with E-state index in [-0.39, 0.29) is 10.6 Å². The molecule has 0 radical (unpaired) electrons. The number of benzene rings is 2. The highest BCUT2D eigenvalue weighted by molar-refractivity contribution is 7.86. The number of hydrogen-bond donors (Lipinski definition) is 0. The summed E-state index contributed by atoms with van der Waals surface area (Å²) >= 11 is 0. The molecule has 0 N–H and O–H groups in total. The predicted molar refractivity (Wildman–Crippen MR) is 79.9 cm³/mol. The highest BCUT2D eigenvalue weighted by Crippen LogP contribution is 2.14. The van der Waals surface area contributed by atoms with E-state index in [2.05, 4.69) is 9.44 Å². The number of methoxy groups -OCH3 is 1. The lowest BCUT2D eigenvalue weighted by atomic mass is 10.1. The van der Waals surface area contributed by atoms with Crippen molar-refractivity contribution in [1.82, 2.24) is 0 Å². The zero-order chi connectivity index (χ0) is 16.0. The molecule has 0 aliphatic carbocycles. The molecule has 0 bridgehead atoms. The van der Waals surface area contributed by atoms with Gasteiger partial charge in [0.1, 0.15) is 16.7 Å². The summed E-state index contributed by atoms with van der Waals surface area (Å²) in [6.45, 7) is 0. The van der Waals surface area contributed by atoms with Gasteiger partial charge in [0.15, 0.2) is 5.71 Å². The van der Waals surface area contributed by atoms with Crippen LogP contribution >= 0.6 is 0 Å². The van der Waals surface area contributed by atoms with Gasteiger partial charge in [-0.3, -0.25) is 4.28 Å². The maximum atomic E-state index is 11.9. The number of rotatable bonds is 5. The minimum atomic E-state index is -4.05. The molecule has 0 unspecified atom stereocenters. The van der Waals surface area contributed by atoms with E-state index in [1.54, 1.807) is 48.5 Å². The third-order valence-electron chi connectivity index (χ3n) is 2.73. The molecule has 0 heterocycles. The van der Waals surface area contributed by atoms with Gasteiger partial charge < -0.3 is 4.74 Å². The van der Waals surface area contributed by atoms with Gasteiger partial charge in [0.2, 0.25) is 0 Å². The first-order valence-corrected chi connectivity index (χ1v) is 7.59. The summed E-state index contributed by atoms with van der Waals surface area (Å²) in [6.07, 6.45) is 0. The van der Waals surface area contributed by atoms with Gasteiger partial charge in [-0.2, -0.15) is 13.7 Å². The number of nitriles is 1. The Kier molecular flexibility index (Phi) is 4.76. The van der Waals surface area contributed by atoms with Crippen LogP contribution in [0.5, 0.6) is 5.75 Å². The largest absolute Gasteiger partial charge is 0.497 e. The van der Waals surface area contributed by atoms with Gasteiger partial charge in [-0.1, -0.05) is 23.4 Å². The number of oxime groups is 1. The van der Waals surface area contributed by atoms with Crippen molar-refractivity contribution < 1.29 is 17.4 Å². The quantitative estimate of drug-likeness (QED) is 0.624. The Labute approximate surface area is 128 Å². The Morgan fingerprint density at radius 2 is 1.73 bits per heavy atom. The molecule has 2 aromatic carbocycles. The lowest BCUT2D eigenvalue weighted by Crippen LogP contribution is -2.05. The molecule has 2 rings (SSSR count). The van der Waals surface area contributed by atoms with Crippen LogP contribution in [-0.4, -0.2) is 21.2 Å². The van der Waals surface area contributed by atoms with Crippen LogP contribution in [0.4, 0.5) is 0 Å². The normalized spacial score (nSPS) is 11.5. The average molecular weight is 316 g/mol. The summed E-state index contributed by atoms with van der Waals surface area (Å²) in [5, 5.41) is 12.5. The van der Waals surface area contributed by atoms with Crippen LogP contribution in [0, 0.1) is 11.3 Å². The molecule has 7 heteroatoms. The molecular formula is C15H12N2O4S. The second kappa shape index (κ2) is 6.74. The van der Waals surface area contributed by atoms with Crippen LogP contribution in [0.15, 0.2) is 64.6 Å². The van der Waals surface area contributed by atoms with Crippen LogP contribution in [0.3, 0.4) is 0 Å². The van der Waals surface area contributed by atoms with E-state index in [1.165, 1.54) is 19.2 Å². The second-order valence-electron chi connectivity index (χ2n) is 4.12. The molecule has 2 aromatic rings. The maximum absolute atomic E-state index is 11.9. The molecule has 0 saturated heterocycles. The molecule has 0 spiro atoms. The van der Waals surface area contributed by atoms with Crippen molar-refractivity contribution in [3.8, 4) is 11.8 Å². The Morgan fingerprint density at radius 1 is 1.09 bits per heavy atom. The summed E-state index contributed by atoms with van der Waals surface area (Å²) in [7, 11) is -2.53. The number of nitrogens with zero attached hydrogens (tertiary/aromatic N) is 2. The van der Waals surface area contributed by atoms with Gasteiger partial charge in [-0.15, -0.1) is 0 Å². The highest BCUT2D eigenvalue weighted by atomic mass is 32.2. The lowest BCUT2D eigenvalue weighted by Gasteiger charge is -2.03. The van der Waals surface area contributed by atoms with Gasteiger partial charge in [0, 0.05) is 5.56 Å². The van der Waals surface area contributed by atoms with Gasteiger partial charge in [0.05, 0.1) is 7.11 Å². The maximum Gasteiger partial charge on any atom is 0.358 e. The van der Waals surface area contributed by atoms with Crippen molar-refractivity contribution in [3.63, 3.8) is 0 Å². The third-order valence-corrected chi connectivity index (χ3v) is 3.85. The molecule has 6 nitrogen and oxygen atoms in total. The average Bonchev–Trinajstić information content (AvgIpc) is 2.57. The van der Waals surface area contributed by atoms with Crippen molar-refractivity contribution in [2.75, 3.05) is 7.11 Å². The van der Waals surface area contributed by atoms with E-state index in [0.717, 1.165) is 0 Å². The SMILES string of the molecule is COc1ccc(/C(C#N)=N/OS(=O)(=O)c2ccccc2)cc1. The van der Waals surface area contributed by atoms with Gasteiger partial charge >= 0.3 is 10.1 Å². The van der Waals surface area contributed by atoms with Crippen molar-refractivity contribution in [3.05, 3.63) is 60.2 Å². The number of hydrogen-bond acceptors (Lipinski definition) is 6. The van der Waals surface area contributed by atoms with E-state index in [9.17, 15) is 8.42 Å². The first kappa shape index (κ1) is 15.5. The molecule has 0 atom stereocenters. The minimum Gasteiger partial charge on any atom is -0.497 e. The molecule has 0 amide bonds. The molecular weight excluding hydrogens is 304 g/mol. The summed E-state index contributed by atoms with van der Waals surface area (Å²) in [4.78, 5) is -0.0363. The number of ether oxygens (including phenoxy) is 1. The van der Waals surface area contributed by atoms with Gasteiger partial charge in [0.25, 0.3) is 0 Å². The van der Waals surface area contributed by atoms with Crippen molar-refractivity contribution in [1.29, 1.82) is 5.26 Å². The summed E-state index contributed by atoms with van der Waals surface area (Å²) < 4.78 is 33.4. The molecule has 0 fully saturated rings. The van der Waals surface area contributed by atoms with Crippen molar-refractivity contribution >= 4 is 15.8 Å². The first-order valence-electron chi connectivity index (χ1n) is 6.18. The van der Waals surface area contributed by atoms with E-state index >= 15 is 0 Å². The van der Waals surface area contributed by atoms with Crippen LogP contribution in [0.25, 0.3) is 0 Å². The van der Waals surface area contributed by atoms with Gasteiger partial charge in [-0.25, -0.2) is 0 Å². The Bertz CT molecular complexity index is 807. The molecule has 0 aliphatic heterocycles. The van der Waals surface area contributed by atoms with Crippen LogP contribution in [0.2, 0.25) is 0 Å². The predicted octanol–water partition coefficient (Wildman–Crippen LogP) is 2.33. The van der Waals surface area contributed by atoms with Crippen LogP contribution in [-0.2, 0) is 14.4 Å². The van der Waals surface area contributed by atoms with E-state index < -0.39 is 10.1 Å². The summed E-state index contributed by atoms with van der Waals surface area (Å²) in [5.41, 5.74) is 0.272. The Morgan fingerprint density at radius 3 is 2.27 bits per heavy atom. The Balaban J connectivity index is 2.24. The van der Waals surface area contributed by atoms with E-state index in [4.69, 9.17) is 10.00 Å². The topological polar surface area (TPSA) is 88.8 Å². The van der Waals surface area contributed by atoms with E-state index in [0.29, 0.717) is 11.3 Å². The van der Waals surface area contributed by atoms with Crippen molar-refractivity contribution in [2.45, 2.75) is 4.90 Å². The fourth-order valence-corrected chi connectivity index (χ4v) is 2.35. The lowest BCUT2D eigenvalue weighted by molar-refractivity contribution is 0.339. The minimum absolute atomic E-state index is 0.0363. The van der Waals surface area contributed by atoms with E-state index in [1.807, 2.05) is 0 Å². The highest BCUT2D eigenvalue weighted by Gasteiger charge is 2.16. The summed E-state index contributed by atoms with van der Waals surface area (Å²) in [6, 6.07) is 15.8. The second-order valence-corrected chi connectivity index (χ2v) is 5.65. The fourth-order valence-electron chi connectivity index (χ4n) is 1.60. The zero-order valence-electron chi connectivity index (χ0n) is 11.6. The van der Waals surface area contributed by atoms with Crippen molar-refractivity contribution in [2.24, 2.45) is 5.16 Å². The third kappa shape index (κ3) is 3.62. The molecule has 0 saturated carbocycles. The molecule has 112 valence electrons. The molecule has 22 heavy (non-hydrogen) atoms. The first-order chi connectivity index (χ1) is 10.6. The van der Waals surface area contributed by atoms with Crippen LogP contribution < -0.4 is 4.74 Å².